The highest BCUT2D eigenvalue weighted by molar-refractivity contribution is 6.76. The highest BCUT2D eigenvalue weighted by atomic mass is 28.3. The highest BCUT2D eigenvalue weighted by Gasteiger charge is 2.48. The van der Waals surface area contributed by atoms with Crippen molar-refractivity contribution in [2.45, 2.75) is 51.3 Å². The van der Waals surface area contributed by atoms with Gasteiger partial charge in [-0.3, -0.25) is 4.79 Å². The van der Waals surface area contributed by atoms with Gasteiger partial charge in [0, 0.05) is 39.1 Å². The Kier molecular flexibility index (Phi) is 8.42. The molecule has 0 aliphatic carbocycles. The molecule has 41 heavy (non-hydrogen) atoms. The molecule has 12 heteroatoms. The van der Waals surface area contributed by atoms with Crippen molar-refractivity contribution in [3.63, 3.8) is 0 Å². The highest BCUT2D eigenvalue weighted by Crippen LogP contribution is 2.39. The summed E-state index contributed by atoms with van der Waals surface area (Å²) in [4.78, 5) is 28.3. The number of ether oxygens (including phenoxy) is 1. The number of imide groups is 1. The molecular formula is C29H30F4N4O3Si. The van der Waals surface area contributed by atoms with E-state index in [4.69, 9.17) is 4.74 Å². The van der Waals surface area contributed by atoms with Crippen LogP contribution in [-0.4, -0.2) is 48.3 Å². The summed E-state index contributed by atoms with van der Waals surface area (Å²) >= 11 is 0. The Bertz CT molecular complexity index is 1540. The van der Waals surface area contributed by atoms with E-state index in [9.17, 15) is 18.4 Å². The topological polar surface area (TPSA) is 67.7 Å². The molecule has 1 atom stereocenters. The SMILES string of the molecule is CN1C(=O)N(c2c(F)cc(C#Cc3cccc(F)c3F)cc2F)C(=O)CC1(C)c1cnn(COCC[Si](C)(C)C)c1. The van der Waals surface area contributed by atoms with Crippen LogP contribution in [0.25, 0.3) is 0 Å². The normalized spacial score (nSPS) is 17.6. The standard InChI is InChI=1S/C29H30F4N4O3Si/c1-29(21-16-34-36(17-21)18-40-11-12-41(3,4)5)15-25(38)37(28(39)35(29)2)27-23(31)13-19(14-24(27)32)9-10-20-7-6-8-22(30)26(20)33/h6-8,13-14,16-17H,11-12,15,18H2,1-5H3. The fraction of sp³-hybridized carbons (Fsp3) is 0.345. The Morgan fingerprint density at radius 2 is 1.73 bits per heavy atom. The van der Waals surface area contributed by atoms with Crippen LogP contribution < -0.4 is 4.90 Å². The molecule has 7 nitrogen and oxygen atoms in total. The largest absolute Gasteiger partial charge is 0.360 e. The van der Waals surface area contributed by atoms with Crippen molar-refractivity contribution in [3.8, 4) is 11.8 Å². The third kappa shape index (κ3) is 6.36. The van der Waals surface area contributed by atoms with Gasteiger partial charge in [-0.15, -0.1) is 0 Å². The predicted molar refractivity (Wildman–Crippen MR) is 148 cm³/mol. The van der Waals surface area contributed by atoms with Crippen molar-refractivity contribution >= 4 is 25.7 Å². The zero-order valence-electron chi connectivity index (χ0n) is 23.4. The third-order valence-corrected chi connectivity index (χ3v) is 8.68. The van der Waals surface area contributed by atoms with Gasteiger partial charge in [0.15, 0.2) is 23.3 Å². The molecule has 2 heterocycles. The minimum Gasteiger partial charge on any atom is -0.360 e. The fourth-order valence-corrected chi connectivity index (χ4v) is 5.07. The predicted octanol–water partition coefficient (Wildman–Crippen LogP) is 5.86. The lowest BCUT2D eigenvalue weighted by Crippen LogP contribution is -2.60. The summed E-state index contributed by atoms with van der Waals surface area (Å²) in [5, 5.41) is 4.28. The van der Waals surface area contributed by atoms with Crippen molar-refractivity contribution in [1.29, 1.82) is 0 Å². The van der Waals surface area contributed by atoms with Gasteiger partial charge in [-0.05, 0) is 37.2 Å². The zero-order valence-corrected chi connectivity index (χ0v) is 24.4. The molecule has 1 fully saturated rings. The monoisotopic (exact) mass is 586 g/mol. The van der Waals surface area contributed by atoms with Crippen LogP contribution in [0.2, 0.25) is 25.7 Å². The van der Waals surface area contributed by atoms with E-state index < -0.39 is 54.5 Å². The molecule has 0 spiro atoms. The first kappa shape index (κ1) is 30.0. The van der Waals surface area contributed by atoms with Crippen LogP contribution in [0.1, 0.15) is 30.0 Å². The number of aromatic nitrogens is 2. The van der Waals surface area contributed by atoms with Crippen molar-refractivity contribution < 1.29 is 31.9 Å². The van der Waals surface area contributed by atoms with E-state index in [0.717, 1.165) is 24.2 Å². The van der Waals surface area contributed by atoms with E-state index >= 15 is 8.78 Å². The molecule has 1 aliphatic rings. The van der Waals surface area contributed by atoms with Gasteiger partial charge in [0.25, 0.3) is 0 Å². The lowest BCUT2D eigenvalue weighted by molar-refractivity contribution is -0.122. The van der Waals surface area contributed by atoms with Crippen molar-refractivity contribution in [2.24, 2.45) is 0 Å². The molecule has 1 aliphatic heterocycles. The van der Waals surface area contributed by atoms with Gasteiger partial charge in [-0.25, -0.2) is 31.9 Å². The van der Waals surface area contributed by atoms with Gasteiger partial charge in [-0.2, -0.15) is 5.10 Å². The maximum atomic E-state index is 15.1. The number of urea groups is 1. The van der Waals surface area contributed by atoms with Crippen molar-refractivity contribution in [1.82, 2.24) is 14.7 Å². The number of hydrogen-bond donors (Lipinski definition) is 0. The van der Waals surface area contributed by atoms with Crippen LogP contribution in [0.3, 0.4) is 0 Å². The molecule has 0 bridgehead atoms. The third-order valence-electron chi connectivity index (χ3n) is 6.97. The van der Waals surface area contributed by atoms with Crippen molar-refractivity contribution in [2.75, 3.05) is 18.6 Å². The average Bonchev–Trinajstić information content (AvgIpc) is 3.37. The number of benzene rings is 2. The maximum absolute atomic E-state index is 15.1. The van der Waals surface area contributed by atoms with Crippen LogP contribution >= 0.6 is 0 Å². The number of anilines is 1. The quantitative estimate of drug-likeness (QED) is 0.151. The minimum absolute atomic E-state index is 0.193. The molecule has 4 rings (SSSR count). The van der Waals surface area contributed by atoms with Crippen molar-refractivity contribution in [3.05, 3.63) is 82.7 Å². The first-order valence-corrected chi connectivity index (χ1v) is 16.6. The Morgan fingerprint density at radius 1 is 1.05 bits per heavy atom. The van der Waals surface area contributed by atoms with E-state index in [1.807, 2.05) is 0 Å². The number of amides is 3. The average molecular weight is 587 g/mol. The van der Waals surface area contributed by atoms with Gasteiger partial charge in [-0.1, -0.05) is 37.5 Å². The van der Waals surface area contributed by atoms with Gasteiger partial charge < -0.3 is 9.64 Å². The first-order chi connectivity index (χ1) is 19.2. The van der Waals surface area contributed by atoms with Crippen LogP contribution in [-0.2, 0) is 21.8 Å². The summed E-state index contributed by atoms with van der Waals surface area (Å²) in [5.41, 5.74) is -1.90. The Labute approximate surface area is 236 Å². The number of nitrogens with zero attached hydrogens (tertiary/aromatic N) is 4. The molecule has 1 aromatic heterocycles. The molecule has 216 valence electrons. The summed E-state index contributed by atoms with van der Waals surface area (Å²) in [6.07, 6.45) is 2.94. The van der Waals surface area contributed by atoms with Crippen LogP contribution in [0.5, 0.6) is 0 Å². The molecule has 0 N–H and O–H groups in total. The summed E-state index contributed by atoms with van der Waals surface area (Å²) in [6.45, 7) is 9.21. The second kappa shape index (κ2) is 11.5. The van der Waals surface area contributed by atoms with Crippen LogP contribution in [0.15, 0.2) is 42.7 Å². The molecule has 3 aromatic rings. The summed E-state index contributed by atoms with van der Waals surface area (Å²) < 4.78 is 64.9. The number of rotatable bonds is 7. The molecule has 1 unspecified atom stereocenters. The molecule has 1 saturated heterocycles. The molecule has 0 radical (unpaired) electrons. The number of hydrogen-bond acceptors (Lipinski definition) is 4. The first-order valence-electron chi connectivity index (χ1n) is 12.9. The van der Waals surface area contributed by atoms with Crippen LogP contribution in [0.4, 0.5) is 28.0 Å². The van der Waals surface area contributed by atoms with Crippen LogP contribution in [0, 0.1) is 35.1 Å². The smallest absolute Gasteiger partial charge is 0.332 e. The Hall–Kier alpha value is -3.95. The molecular weight excluding hydrogens is 556 g/mol. The van der Waals surface area contributed by atoms with E-state index in [1.165, 1.54) is 30.3 Å². The van der Waals surface area contributed by atoms with E-state index in [-0.39, 0.29) is 24.3 Å². The number of halogens is 4. The fourth-order valence-electron chi connectivity index (χ4n) is 4.32. The summed E-state index contributed by atoms with van der Waals surface area (Å²) in [7, 11) is 0.188. The molecule has 2 aromatic carbocycles. The van der Waals surface area contributed by atoms with Gasteiger partial charge >= 0.3 is 6.03 Å². The number of carbonyl (C=O) groups excluding carboxylic acids is 2. The second-order valence-electron chi connectivity index (χ2n) is 11.3. The lowest BCUT2D eigenvalue weighted by atomic mass is 9.87. The molecule has 3 amide bonds. The lowest BCUT2D eigenvalue weighted by Gasteiger charge is -2.45. The Morgan fingerprint density at radius 3 is 2.39 bits per heavy atom. The summed E-state index contributed by atoms with van der Waals surface area (Å²) in [5.74, 6) is -0.819. The van der Waals surface area contributed by atoms with Gasteiger partial charge in [0.05, 0.1) is 23.7 Å². The number of carbonyl (C=O) groups is 2. The van der Waals surface area contributed by atoms with Gasteiger partial charge in [0.2, 0.25) is 5.91 Å². The van der Waals surface area contributed by atoms with Gasteiger partial charge in [0.1, 0.15) is 12.4 Å². The minimum atomic E-state index is -1.25. The zero-order chi connectivity index (χ0) is 30.1. The van der Waals surface area contributed by atoms with E-state index in [1.54, 1.807) is 17.8 Å². The van der Waals surface area contributed by atoms with E-state index in [2.05, 4.69) is 36.6 Å². The Balaban J connectivity index is 1.54. The molecule has 0 saturated carbocycles. The maximum Gasteiger partial charge on any atom is 0.332 e. The van der Waals surface area contributed by atoms with E-state index in [0.29, 0.717) is 17.1 Å². The second-order valence-corrected chi connectivity index (χ2v) is 16.9. The summed E-state index contributed by atoms with van der Waals surface area (Å²) in [6, 6.07) is 5.09.